The molecule has 0 fully saturated rings. The number of benzene rings is 1. The van der Waals surface area contributed by atoms with Gasteiger partial charge in [-0.25, -0.2) is 14.3 Å². The Morgan fingerprint density at radius 2 is 1.92 bits per heavy atom. The van der Waals surface area contributed by atoms with Gasteiger partial charge >= 0.3 is 5.97 Å². The maximum atomic E-state index is 12.4. The van der Waals surface area contributed by atoms with E-state index in [0.717, 1.165) is 16.8 Å². The van der Waals surface area contributed by atoms with Crippen LogP contribution in [-0.2, 0) is 4.74 Å². The number of pyridine rings is 1. The molecular weight excluding hydrogens is 332 g/mol. The molecule has 26 heavy (non-hydrogen) atoms. The van der Waals surface area contributed by atoms with E-state index in [9.17, 15) is 9.59 Å². The minimum Gasteiger partial charge on any atom is -0.465 e. The van der Waals surface area contributed by atoms with Crippen molar-refractivity contribution in [2.24, 2.45) is 0 Å². The van der Waals surface area contributed by atoms with E-state index >= 15 is 0 Å². The van der Waals surface area contributed by atoms with Crippen LogP contribution >= 0.6 is 0 Å². The van der Waals surface area contributed by atoms with E-state index in [1.807, 2.05) is 18.2 Å². The SMILES string of the molecule is COC(=O)c1ccc(-c2cc(=O)n3[nH]cc(-c4ccccn4)c3n2)cc1. The van der Waals surface area contributed by atoms with Gasteiger partial charge in [0.1, 0.15) is 0 Å². The fourth-order valence-corrected chi connectivity index (χ4v) is 2.73. The lowest BCUT2D eigenvalue weighted by molar-refractivity contribution is 0.0601. The average molecular weight is 346 g/mol. The number of methoxy groups -OCH3 is 1. The molecule has 0 saturated carbocycles. The van der Waals surface area contributed by atoms with Gasteiger partial charge in [0.25, 0.3) is 5.56 Å². The van der Waals surface area contributed by atoms with Gasteiger partial charge in [-0.05, 0) is 24.3 Å². The van der Waals surface area contributed by atoms with Crippen LogP contribution in [0.1, 0.15) is 10.4 Å². The smallest absolute Gasteiger partial charge is 0.337 e. The van der Waals surface area contributed by atoms with Gasteiger partial charge in [0.2, 0.25) is 0 Å². The maximum absolute atomic E-state index is 12.4. The van der Waals surface area contributed by atoms with Crippen molar-refractivity contribution < 1.29 is 9.53 Å². The van der Waals surface area contributed by atoms with Crippen LogP contribution in [0.2, 0.25) is 0 Å². The summed E-state index contributed by atoms with van der Waals surface area (Å²) in [6.45, 7) is 0. The molecule has 0 atom stereocenters. The summed E-state index contributed by atoms with van der Waals surface area (Å²) in [5.74, 6) is -0.414. The molecule has 7 heteroatoms. The van der Waals surface area contributed by atoms with E-state index in [2.05, 4.69) is 15.1 Å². The van der Waals surface area contributed by atoms with Crippen molar-refractivity contribution in [1.29, 1.82) is 0 Å². The molecule has 4 aromatic rings. The summed E-state index contributed by atoms with van der Waals surface area (Å²) in [5.41, 5.74) is 3.39. The van der Waals surface area contributed by atoms with Crippen LogP contribution in [0.25, 0.3) is 28.2 Å². The van der Waals surface area contributed by atoms with Crippen molar-refractivity contribution in [3.8, 4) is 22.5 Å². The number of H-pyrrole nitrogens is 1. The normalized spacial score (nSPS) is 10.8. The van der Waals surface area contributed by atoms with Gasteiger partial charge in [0, 0.05) is 24.0 Å². The zero-order valence-corrected chi connectivity index (χ0v) is 13.8. The minimum absolute atomic E-state index is 0.232. The van der Waals surface area contributed by atoms with E-state index in [1.54, 1.807) is 36.7 Å². The molecule has 0 amide bonds. The van der Waals surface area contributed by atoms with Crippen molar-refractivity contribution in [2.45, 2.75) is 0 Å². The van der Waals surface area contributed by atoms with E-state index in [4.69, 9.17) is 4.74 Å². The number of esters is 1. The number of hydrogen-bond acceptors (Lipinski definition) is 5. The highest BCUT2D eigenvalue weighted by atomic mass is 16.5. The molecule has 0 aliphatic rings. The molecule has 3 heterocycles. The topological polar surface area (TPSA) is 89.4 Å². The highest BCUT2D eigenvalue weighted by Crippen LogP contribution is 2.23. The molecule has 0 saturated heterocycles. The quantitative estimate of drug-likeness (QED) is 0.576. The summed E-state index contributed by atoms with van der Waals surface area (Å²) in [4.78, 5) is 32.9. The third-order valence-corrected chi connectivity index (χ3v) is 4.04. The lowest BCUT2D eigenvalue weighted by Gasteiger charge is -2.04. The Morgan fingerprint density at radius 3 is 2.62 bits per heavy atom. The average Bonchev–Trinajstić information content (AvgIpc) is 3.13. The predicted octanol–water partition coefficient (Wildman–Crippen LogP) is 2.54. The molecule has 3 aromatic heterocycles. The second kappa shape index (κ2) is 6.29. The van der Waals surface area contributed by atoms with Gasteiger partial charge < -0.3 is 4.74 Å². The fraction of sp³-hybridized carbons (Fsp3) is 0.0526. The zero-order chi connectivity index (χ0) is 18.1. The van der Waals surface area contributed by atoms with Gasteiger partial charge in [-0.1, -0.05) is 18.2 Å². The maximum Gasteiger partial charge on any atom is 0.337 e. The monoisotopic (exact) mass is 346 g/mol. The number of fused-ring (bicyclic) bond motifs is 1. The van der Waals surface area contributed by atoms with E-state index in [1.165, 1.54) is 17.7 Å². The van der Waals surface area contributed by atoms with Crippen LogP contribution < -0.4 is 5.56 Å². The lowest BCUT2D eigenvalue weighted by atomic mass is 10.1. The van der Waals surface area contributed by atoms with Crippen molar-refractivity contribution in [3.05, 3.63) is 76.8 Å². The molecule has 0 radical (unpaired) electrons. The number of nitrogens with zero attached hydrogens (tertiary/aromatic N) is 3. The van der Waals surface area contributed by atoms with Crippen molar-refractivity contribution >= 4 is 11.6 Å². The first kappa shape index (κ1) is 15.8. The van der Waals surface area contributed by atoms with E-state index < -0.39 is 5.97 Å². The zero-order valence-electron chi connectivity index (χ0n) is 13.8. The van der Waals surface area contributed by atoms with Crippen molar-refractivity contribution in [1.82, 2.24) is 19.6 Å². The van der Waals surface area contributed by atoms with Crippen molar-refractivity contribution in [3.63, 3.8) is 0 Å². The Labute approximate surface area is 147 Å². The highest BCUT2D eigenvalue weighted by Gasteiger charge is 2.13. The molecule has 4 rings (SSSR count). The number of ether oxygens (including phenoxy) is 1. The van der Waals surface area contributed by atoms with Gasteiger partial charge in [0.05, 0.1) is 29.6 Å². The Balaban J connectivity index is 1.84. The molecule has 1 aromatic carbocycles. The molecule has 128 valence electrons. The largest absolute Gasteiger partial charge is 0.465 e. The van der Waals surface area contributed by atoms with Crippen LogP contribution in [0.5, 0.6) is 0 Å². The predicted molar refractivity (Wildman–Crippen MR) is 95.8 cm³/mol. The first-order chi connectivity index (χ1) is 12.7. The molecule has 0 aliphatic heterocycles. The number of hydrogen-bond donors (Lipinski definition) is 1. The Bertz CT molecular complexity index is 1150. The summed E-state index contributed by atoms with van der Waals surface area (Å²) in [5, 5.41) is 2.91. The third-order valence-electron chi connectivity index (χ3n) is 4.04. The number of carbonyl (C=O) groups is 1. The molecule has 0 spiro atoms. The van der Waals surface area contributed by atoms with E-state index in [0.29, 0.717) is 16.9 Å². The van der Waals surface area contributed by atoms with Gasteiger partial charge in [-0.15, -0.1) is 0 Å². The molecule has 0 bridgehead atoms. The van der Waals surface area contributed by atoms with Crippen LogP contribution in [0.15, 0.2) is 65.7 Å². The number of aromatic amines is 1. The summed E-state index contributed by atoms with van der Waals surface area (Å²) in [6.07, 6.45) is 3.39. The van der Waals surface area contributed by atoms with Crippen LogP contribution in [-0.4, -0.2) is 32.7 Å². The Hall–Kier alpha value is -3.74. The second-order valence-corrected chi connectivity index (χ2v) is 5.61. The van der Waals surface area contributed by atoms with E-state index in [-0.39, 0.29) is 5.56 Å². The van der Waals surface area contributed by atoms with Gasteiger partial charge in [-0.2, -0.15) is 0 Å². The van der Waals surface area contributed by atoms with Crippen molar-refractivity contribution in [2.75, 3.05) is 7.11 Å². The Morgan fingerprint density at radius 1 is 1.12 bits per heavy atom. The third kappa shape index (κ3) is 2.65. The summed E-state index contributed by atoms with van der Waals surface area (Å²) >= 11 is 0. The molecule has 0 aliphatic carbocycles. The second-order valence-electron chi connectivity index (χ2n) is 5.61. The molecule has 0 unspecified atom stereocenters. The summed E-state index contributed by atoms with van der Waals surface area (Å²) < 4.78 is 6.07. The van der Waals surface area contributed by atoms with Crippen LogP contribution in [0.4, 0.5) is 0 Å². The van der Waals surface area contributed by atoms with Crippen LogP contribution in [0.3, 0.4) is 0 Å². The number of rotatable bonds is 3. The fourth-order valence-electron chi connectivity index (χ4n) is 2.73. The number of nitrogens with one attached hydrogen (secondary N) is 1. The van der Waals surface area contributed by atoms with Gasteiger partial charge in [0.15, 0.2) is 5.65 Å². The minimum atomic E-state index is -0.414. The van der Waals surface area contributed by atoms with Crippen LogP contribution in [0, 0.1) is 0 Å². The summed E-state index contributed by atoms with van der Waals surface area (Å²) in [7, 11) is 1.33. The molecular formula is C19H14N4O3. The molecule has 1 N–H and O–H groups in total. The van der Waals surface area contributed by atoms with Gasteiger partial charge in [-0.3, -0.25) is 14.9 Å². The standard InChI is InChI=1S/C19H14N4O3/c1-26-19(25)13-7-5-12(6-8-13)16-10-17(24)23-18(22-16)14(11-21-23)15-4-2-3-9-20-15/h2-11,21H,1H3. The number of carbonyl (C=O) groups excluding carboxylic acids is 1. The number of aromatic nitrogens is 4. The first-order valence-electron chi connectivity index (χ1n) is 7.89. The highest BCUT2D eigenvalue weighted by molar-refractivity contribution is 5.90. The molecule has 7 nitrogen and oxygen atoms in total. The Kier molecular flexibility index (Phi) is 3.81. The first-order valence-corrected chi connectivity index (χ1v) is 7.89. The summed E-state index contributed by atoms with van der Waals surface area (Å²) in [6, 6.07) is 13.7. The lowest BCUT2D eigenvalue weighted by Crippen LogP contribution is -2.14.